The minimum Gasteiger partial charge on any atom is -0.329 e. The molecule has 0 atom stereocenters. The molecule has 13 heavy (non-hydrogen) atoms. The molecule has 0 radical (unpaired) electrons. The van der Waals surface area contributed by atoms with E-state index in [1.165, 1.54) is 5.56 Å². The summed E-state index contributed by atoms with van der Waals surface area (Å²) in [6, 6.07) is 7.80. The van der Waals surface area contributed by atoms with Gasteiger partial charge in [-0.05, 0) is 17.7 Å². The van der Waals surface area contributed by atoms with Crippen molar-refractivity contribution in [1.29, 1.82) is 0 Å². The fourth-order valence-electron chi connectivity index (χ4n) is 0.982. The molecule has 0 spiro atoms. The molecule has 4 heteroatoms. The number of benzene rings is 1. The van der Waals surface area contributed by atoms with Crippen molar-refractivity contribution in [3.05, 3.63) is 34.9 Å². The van der Waals surface area contributed by atoms with E-state index in [0.29, 0.717) is 6.54 Å². The van der Waals surface area contributed by atoms with Crippen molar-refractivity contribution in [2.75, 3.05) is 13.1 Å². The predicted octanol–water partition coefficient (Wildman–Crippen LogP) is 1.81. The van der Waals surface area contributed by atoms with Gasteiger partial charge in [-0.1, -0.05) is 23.7 Å². The molecule has 0 amide bonds. The van der Waals surface area contributed by atoms with Crippen molar-refractivity contribution in [3.63, 3.8) is 0 Å². The highest BCUT2D eigenvalue weighted by atomic mass is 35.5. The van der Waals surface area contributed by atoms with Gasteiger partial charge in [-0.15, -0.1) is 12.4 Å². The van der Waals surface area contributed by atoms with Gasteiger partial charge >= 0.3 is 0 Å². The Kier molecular flexibility index (Phi) is 7.00. The lowest BCUT2D eigenvalue weighted by atomic mass is 10.2. The highest BCUT2D eigenvalue weighted by molar-refractivity contribution is 6.30. The van der Waals surface area contributed by atoms with Crippen molar-refractivity contribution < 1.29 is 0 Å². The Hall–Kier alpha value is -0.280. The Morgan fingerprint density at radius 1 is 1.38 bits per heavy atom. The van der Waals surface area contributed by atoms with E-state index in [0.717, 1.165) is 18.1 Å². The van der Waals surface area contributed by atoms with Gasteiger partial charge in [0, 0.05) is 24.7 Å². The van der Waals surface area contributed by atoms with E-state index in [4.69, 9.17) is 17.3 Å². The van der Waals surface area contributed by atoms with Crippen LogP contribution in [0.25, 0.3) is 0 Å². The van der Waals surface area contributed by atoms with Crippen molar-refractivity contribution in [3.8, 4) is 0 Å². The monoisotopic (exact) mass is 220 g/mol. The second-order valence-electron chi connectivity index (χ2n) is 2.60. The normalized spacial score (nSPS) is 9.38. The van der Waals surface area contributed by atoms with E-state index >= 15 is 0 Å². The Morgan fingerprint density at radius 3 is 2.77 bits per heavy atom. The van der Waals surface area contributed by atoms with Crippen LogP contribution in [0.3, 0.4) is 0 Å². The maximum absolute atomic E-state index is 5.81. The highest BCUT2D eigenvalue weighted by Gasteiger charge is 1.92. The fraction of sp³-hybridized carbons (Fsp3) is 0.333. The average Bonchev–Trinajstić information content (AvgIpc) is 2.05. The number of nitrogens with one attached hydrogen (secondary N) is 1. The molecular formula is C9H14Cl2N2. The van der Waals surface area contributed by atoms with Gasteiger partial charge < -0.3 is 11.1 Å². The zero-order valence-electron chi connectivity index (χ0n) is 7.29. The first-order valence-electron chi connectivity index (χ1n) is 3.98. The van der Waals surface area contributed by atoms with Gasteiger partial charge in [-0.25, -0.2) is 0 Å². The largest absolute Gasteiger partial charge is 0.329 e. The van der Waals surface area contributed by atoms with E-state index in [1.54, 1.807) is 0 Å². The summed E-state index contributed by atoms with van der Waals surface area (Å²) in [5.41, 5.74) is 6.52. The van der Waals surface area contributed by atoms with Crippen LogP contribution in [-0.2, 0) is 6.54 Å². The Balaban J connectivity index is 0.00000144. The van der Waals surface area contributed by atoms with Crippen molar-refractivity contribution >= 4 is 24.0 Å². The minimum atomic E-state index is 0. The number of hydrogen-bond acceptors (Lipinski definition) is 2. The van der Waals surface area contributed by atoms with Crippen LogP contribution in [0.5, 0.6) is 0 Å². The second-order valence-corrected chi connectivity index (χ2v) is 3.03. The van der Waals surface area contributed by atoms with Crippen LogP contribution in [0.4, 0.5) is 0 Å². The number of nitrogens with two attached hydrogens (primary N) is 1. The fourth-order valence-corrected chi connectivity index (χ4v) is 1.19. The summed E-state index contributed by atoms with van der Waals surface area (Å²) in [6.07, 6.45) is 0. The molecule has 0 unspecified atom stereocenters. The maximum Gasteiger partial charge on any atom is 0.0409 e. The van der Waals surface area contributed by atoms with Crippen LogP contribution >= 0.6 is 24.0 Å². The molecule has 0 aliphatic carbocycles. The topological polar surface area (TPSA) is 38.0 Å². The predicted molar refractivity (Wildman–Crippen MR) is 59.5 cm³/mol. The lowest BCUT2D eigenvalue weighted by molar-refractivity contribution is 0.695. The maximum atomic E-state index is 5.81. The van der Waals surface area contributed by atoms with Crippen LogP contribution in [0.2, 0.25) is 5.02 Å². The minimum absolute atomic E-state index is 0. The molecule has 1 aromatic carbocycles. The van der Waals surface area contributed by atoms with Gasteiger partial charge in [0.1, 0.15) is 0 Å². The molecule has 1 aromatic rings. The van der Waals surface area contributed by atoms with Gasteiger partial charge in [0.05, 0.1) is 0 Å². The van der Waals surface area contributed by atoms with Crippen molar-refractivity contribution in [2.24, 2.45) is 5.73 Å². The van der Waals surface area contributed by atoms with Crippen molar-refractivity contribution in [1.82, 2.24) is 5.32 Å². The molecule has 0 fully saturated rings. The Bertz CT molecular complexity index is 241. The molecule has 0 saturated carbocycles. The second kappa shape index (κ2) is 7.15. The molecule has 0 aliphatic heterocycles. The first-order valence-corrected chi connectivity index (χ1v) is 4.36. The molecule has 0 aromatic heterocycles. The van der Waals surface area contributed by atoms with Gasteiger partial charge in [0.25, 0.3) is 0 Å². The Labute approximate surface area is 89.9 Å². The molecule has 0 saturated heterocycles. The average molecular weight is 221 g/mol. The van der Waals surface area contributed by atoms with E-state index in [1.807, 2.05) is 24.3 Å². The SMILES string of the molecule is Cl.NCCNCc1cccc(Cl)c1. The highest BCUT2D eigenvalue weighted by Crippen LogP contribution is 2.09. The summed E-state index contributed by atoms with van der Waals surface area (Å²) in [5, 5.41) is 3.97. The van der Waals surface area contributed by atoms with Gasteiger partial charge in [0.15, 0.2) is 0 Å². The first kappa shape index (κ1) is 12.7. The lowest BCUT2D eigenvalue weighted by Crippen LogP contribution is -2.21. The lowest BCUT2D eigenvalue weighted by Gasteiger charge is -2.02. The molecule has 2 nitrogen and oxygen atoms in total. The van der Waals surface area contributed by atoms with E-state index in [9.17, 15) is 0 Å². The van der Waals surface area contributed by atoms with Gasteiger partial charge in [0.2, 0.25) is 0 Å². The number of hydrogen-bond donors (Lipinski definition) is 2. The van der Waals surface area contributed by atoms with Gasteiger partial charge in [-0.3, -0.25) is 0 Å². The van der Waals surface area contributed by atoms with Crippen molar-refractivity contribution in [2.45, 2.75) is 6.54 Å². The zero-order chi connectivity index (χ0) is 8.81. The van der Waals surface area contributed by atoms with Crippen LogP contribution in [0, 0.1) is 0 Å². The molecule has 3 N–H and O–H groups in total. The van der Waals surface area contributed by atoms with Crippen LogP contribution in [0.15, 0.2) is 24.3 Å². The van der Waals surface area contributed by atoms with E-state index in [2.05, 4.69) is 5.32 Å². The third kappa shape index (κ3) is 5.11. The Morgan fingerprint density at radius 2 is 2.15 bits per heavy atom. The van der Waals surface area contributed by atoms with E-state index < -0.39 is 0 Å². The van der Waals surface area contributed by atoms with Crippen LogP contribution in [0.1, 0.15) is 5.56 Å². The summed E-state index contributed by atoms with van der Waals surface area (Å²) in [6.45, 7) is 2.34. The molecule has 74 valence electrons. The molecule has 0 aliphatic rings. The summed E-state index contributed by atoms with van der Waals surface area (Å²) < 4.78 is 0. The number of rotatable bonds is 4. The zero-order valence-corrected chi connectivity index (χ0v) is 8.87. The number of halogens is 2. The van der Waals surface area contributed by atoms with Crippen LogP contribution < -0.4 is 11.1 Å². The van der Waals surface area contributed by atoms with E-state index in [-0.39, 0.29) is 12.4 Å². The van der Waals surface area contributed by atoms with Crippen LogP contribution in [-0.4, -0.2) is 13.1 Å². The molecule has 0 heterocycles. The smallest absolute Gasteiger partial charge is 0.0409 e. The summed E-state index contributed by atoms with van der Waals surface area (Å²) in [7, 11) is 0. The summed E-state index contributed by atoms with van der Waals surface area (Å²) in [5.74, 6) is 0. The quantitative estimate of drug-likeness (QED) is 0.761. The third-order valence-electron chi connectivity index (χ3n) is 1.54. The summed E-state index contributed by atoms with van der Waals surface area (Å²) >= 11 is 5.81. The third-order valence-corrected chi connectivity index (χ3v) is 1.77. The first-order chi connectivity index (χ1) is 5.83. The molecular weight excluding hydrogens is 207 g/mol. The standard InChI is InChI=1S/C9H13ClN2.ClH/c10-9-3-1-2-8(6-9)7-12-5-4-11;/h1-3,6,12H,4-5,7,11H2;1H. The molecule has 0 bridgehead atoms. The summed E-state index contributed by atoms with van der Waals surface area (Å²) in [4.78, 5) is 0. The molecule has 1 rings (SSSR count). The van der Waals surface area contributed by atoms with Gasteiger partial charge in [-0.2, -0.15) is 0 Å².